The molecule has 0 spiro atoms. The zero-order valence-corrected chi connectivity index (χ0v) is 16.0. The number of nitrogens with zero attached hydrogens (tertiary/aromatic N) is 1. The Labute approximate surface area is 167 Å². The molecule has 0 saturated heterocycles. The van der Waals surface area contributed by atoms with Gasteiger partial charge in [0.2, 0.25) is 0 Å². The number of rotatable bonds is 3. The van der Waals surface area contributed by atoms with E-state index in [0.717, 1.165) is 11.1 Å². The van der Waals surface area contributed by atoms with Crippen LogP contribution in [-0.2, 0) is 0 Å². The predicted molar refractivity (Wildman–Crippen MR) is 111 cm³/mol. The standard InChI is InChI=1S/C13H10N2O4.C8H11NO/c14-10-3-1-9(2-4-10)13(16)19-12-7-5-11(6-8-12)15(17)18;1-5-3-7(9)4-6(2)8(5)10/h1-8H,14H2;3-4,10H,9H2,1-2H3. The maximum Gasteiger partial charge on any atom is 0.343 e. The number of benzene rings is 3. The average Bonchev–Trinajstić information content (AvgIpc) is 2.67. The highest BCUT2D eigenvalue weighted by atomic mass is 16.6. The van der Waals surface area contributed by atoms with Gasteiger partial charge in [0.15, 0.2) is 0 Å². The van der Waals surface area contributed by atoms with E-state index in [2.05, 4.69) is 0 Å². The Morgan fingerprint density at radius 2 is 1.45 bits per heavy atom. The molecule has 8 nitrogen and oxygen atoms in total. The number of esters is 1. The van der Waals surface area contributed by atoms with Gasteiger partial charge < -0.3 is 21.3 Å². The number of nitrogens with two attached hydrogens (primary N) is 2. The number of phenols is 1. The smallest absolute Gasteiger partial charge is 0.343 e. The van der Waals surface area contributed by atoms with Crippen molar-refractivity contribution in [2.24, 2.45) is 0 Å². The molecule has 8 heteroatoms. The number of anilines is 2. The lowest BCUT2D eigenvalue weighted by Gasteiger charge is -2.04. The van der Waals surface area contributed by atoms with Crippen LogP contribution in [0.1, 0.15) is 21.5 Å². The Balaban J connectivity index is 0.000000253. The Morgan fingerprint density at radius 1 is 0.931 bits per heavy atom. The van der Waals surface area contributed by atoms with Crippen LogP contribution in [0.15, 0.2) is 60.7 Å². The maximum atomic E-state index is 11.7. The Kier molecular flexibility index (Phi) is 6.75. The van der Waals surface area contributed by atoms with E-state index < -0.39 is 10.9 Å². The fourth-order valence-electron chi connectivity index (χ4n) is 2.41. The summed E-state index contributed by atoms with van der Waals surface area (Å²) in [6, 6.07) is 15.0. The number of aryl methyl sites for hydroxylation is 2. The number of non-ortho nitro benzene ring substituents is 1. The van der Waals surface area contributed by atoms with E-state index in [1.54, 1.807) is 36.4 Å². The molecule has 0 aromatic heterocycles. The van der Waals surface area contributed by atoms with Crippen LogP contribution in [0.25, 0.3) is 0 Å². The van der Waals surface area contributed by atoms with Crippen molar-refractivity contribution in [1.82, 2.24) is 0 Å². The van der Waals surface area contributed by atoms with Gasteiger partial charge in [0.25, 0.3) is 5.69 Å². The molecule has 0 fully saturated rings. The number of carbonyl (C=O) groups excluding carboxylic acids is 1. The summed E-state index contributed by atoms with van der Waals surface area (Å²) < 4.78 is 5.07. The summed E-state index contributed by atoms with van der Waals surface area (Å²) in [5.74, 6) is 0.0375. The summed E-state index contributed by atoms with van der Waals surface area (Å²) in [5, 5.41) is 19.7. The van der Waals surface area contributed by atoms with Gasteiger partial charge in [-0.05, 0) is 73.5 Å². The minimum Gasteiger partial charge on any atom is -0.507 e. The molecule has 0 bridgehead atoms. The monoisotopic (exact) mass is 395 g/mol. The number of nitro benzene ring substituents is 1. The van der Waals surface area contributed by atoms with E-state index in [1.807, 2.05) is 13.8 Å². The Morgan fingerprint density at radius 3 is 1.93 bits per heavy atom. The van der Waals surface area contributed by atoms with Crippen molar-refractivity contribution in [1.29, 1.82) is 0 Å². The first-order valence-corrected chi connectivity index (χ1v) is 8.55. The molecule has 150 valence electrons. The molecule has 29 heavy (non-hydrogen) atoms. The molecule has 0 aliphatic carbocycles. The molecule has 0 aliphatic heterocycles. The molecule has 0 amide bonds. The first-order valence-electron chi connectivity index (χ1n) is 8.55. The van der Waals surface area contributed by atoms with Crippen LogP contribution in [0, 0.1) is 24.0 Å². The van der Waals surface area contributed by atoms with Crippen molar-refractivity contribution in [3.8, 4) is 11.5 Å². The van der Waals surface area contributed by atoms with E-state index >= 15 is 0 Å². The lowest BCUT2D eigenvalue weighted by molar-refractivity contribution is -0.384. The Hall–Kier alpha value is -4.07. The highest BCUT2D eigenvalue weighted by Gasteiger charge is 2.10. The van der Waals surface area contributed by atoms with Crippen LogP contribution >= 0.6 is 0 Å². The van der Waals surface area contributed by atoms with E-state index in [4.69, 9.17) is 16.2 Å². The van der Waals surface area contributed by atoms with Gasteiger partial charge in [-0.2, -0.15) is 0 Å². The minimum atomic E-state index is -0.547. The lowest BCUT2D eigenvalue weighted by atomic mass is 10.1. The molecule has 0 aliphatic rings. The largest absolute Gasteiger partial charge is 0.507 e. The average molecular weight is 395 g/mol. The number of phenolic OH excluding ortho intramolecular Hbond substituents is 1. The number of nitrogen functional groups attached to an aromatic ring is 2. The number of ether oxygens (including phenoxy) is 1. The summed E-state index contributed by atoms with van der Waals surface area (Å²) in [7, 11) is 0. The number of hydrogen-bond donors (Lipinski definition) is 3. The van der Waals surface area contributed by atoms with Gasteiger partial charge >= 0.3 is 5.97 Å². The van der Waals surface area contributed by atoms with Gasteiger partial charge in [-0.1, -0.05) is 0 Å². The van der Waals surface area contributed by atoms with Crippen molar-refractivity contribution in [2.75, 3.05) is 11.5 Å². The van der Waals surface area contributed by atoms with Gasteiger partial charge in [-0.25, -0.2) is 4.79 Å². The molecule has 3 rings (SSSR count). The fraction of sp³-hybridized carbons (Fsp3) is 0.0952. The zero-order valence-electron chi connectivity index (χ0n) is 16.0. The van der Waals surface area contributed by atoms with Crippen molar-refractivity contribution < 1.29 is 19.6 Å². The van der Waals surface area contributed by atoms with E-state index in [9.17, 15) is 20.0 Å². The van der Waals surface area contributed by atoms with E-state index in [-0.39, 0.29) is 11.4 Å². The molecule has 0 heterocycles. The predicted octanol–water partition coefficient (Wildman–Crippen LogP) is 3.99. The summed E-state index contributed by atoms with van der Waals surface area (Å²) in [4.78, 5) is 21.7. The highest BCUT2D eigenvalue weighted by Crippen LogP contribution is 2.23. The third-order valence-electron chi connectivity index (χ3n) is 3.92. The van der Waals surface area contributed by atoms with Gasteiger partial charge in [-0.15, -0.1) is 0 Å². The third kappa shape index (κ3) is 5.96. The van der Waals surface area contributed by atoms with Crippen LogP contribution in [0.4, 0.5) is 17.1 Å². The SMILES string of the molecule is Cc1cc(N)cc(C)c1O.Nc1ccc(C(=O)Oc2ccc([N+](=O)[O-])cc2)cc1. The molecule has 0 radical (unpaired) electrons. The minimum absolute atomic E-state index is 0.0627. The quantitative estimate of drug-likeness (QED) is 0.152. The summed E-state index contributed by atoms with van der Waals surface area (Å²) >= 11 is 0. The van der Waals surface area contributed by atoms with Crippen molar-refractivity contribution in [3.63, 3.8) is 0 Å². The topological polar surface area (TPSA) is 142 Å². The number of hydrogen-bond acceptors (Lipinski definition) is 7. The molecular formula is C21H21N3O5. The molecule has 5 N–H and O–H groups in total. The second-order valence-corrected chi connectivity index (χ2v) is 6.27. The van der Waals surface area contributed by atoms with E-state index in [1.165, 1.54) is 24.3 Å². The van der Waals surface area contributed by atoms with Gasteiger partial charge in [-0.3, -0.25) is 10.1 Å². The van der Waals surface area contributed by atoms with Gasteiger partial charge in [0.05, 0.1) is 10.5 Å². The molecule has 0 saturated carbocycles. The van der Waals surface area contributed by atoms with Gasteiger partial charge in [0.1, 0.15) is 11.5 Å². The molecule has 3 aromatic carbocycles. The van der Waals surface area contributed by atoms with Crippen molar-refractivity contribution in [2.45, 2.75) is 13.8 Å². The molecule has 0 unspecified atom stereocenters. The summed E-state index contributed by atoms with van der Waals surface area (Å²) in [6.45, 7) is 3.66. The summed E-state index contributed by atoms with van der Waals surface area (Å²) in [6.07, 6.45) is 0. The zero-order chi connectivity index (χ0) is 21.6. The van der Waals surface area contributed by atoms with Crippen molar-refractivity contribution >= 4 is 23.0 Å². The summed E-state index contributed by atoms with van der Waals surface area (Å²) in [5.41, 5.74) is 14.2. The second kappa shape index (κ2) is 9.23. The van der Waals surface area contributed by atoms with Crippen LogP contribution < -0.4 is 16.2 Å². The molecular weight excluding hydrogens is 374 g/mol. The van der Waals surface area contributed by atoms with Crippen molar-refractivity contribution in [3.05, 3.63) is 87.5 Å². The second-order valence-electron chi connectivity index (χ2n) is 6.27. The van der Waals surface area contributed by atoms with Crippen LogP contribution in [0.2, 0.25) is 0 Å². The molecule has 0 atom stereocenters. The fourth-order valence-corrected chi connectivity index (χ4v) is 2.41. The number of nitro groups is 1. The Bertz CT molecular complexity index is 992. The van der Waals surface area contributed by atoms with Crippen LogP contribution in [0.3, 0.4) is 0 Å². The highest BCUT2D eigenvalue weighted by molar-refractivity contribution is 5.91. The first kappa shape index (κ1) is 21.2. The van der Waals surface area contributed by atoms with Crippen LogP contribution in [-0.4, -0.2) is 16.0 Å². The van der Waals surface area contributed by atoms with E-state index in [0.29, 0.717) is 22.7 Å². The lowest BCUT2D eigenvalue weighted by Crippen LogP contribution is -2.08. The third-order valence-corrected chi connectivity index (χ3v) is 3.92. The van der Waals surface area contributed by atoms with Gasteiger partial charge in [0, 0.05) is 23.5 Å². The maximum absolute atomic E-state index is 11.7. The van der Waals surface area contributed by atoms with Crippen LogP contribution in [0.5, 0.6) is 11.5 Å². The first-order chi connectivity index (χ1) is 13.7. The molecule has 3 aromatic rings. The number of aromatic hydroxyl groups is 1. The number of carbonyl (C=O) groups is 1. The normalized spacial score (nSPS) is 9.86.